The largest absolute Gasteiger partial charge is 0.317 e. The van der Waals surface area contributed by atoms with Gasteiger partial charge in [-0.25, -0.2) is 0 Å². The summed E-state index contributed by atoms with van der Waals surface area (Å²) in [5, 5.41) is 2.74. The normalized spacial score (nSPS) is 15.6. The molecule has 1 fully saturated rings. The van der Waals surface area contributed by atoms with Crippen LogP contribution in [0, 0.1) is 20.8 Å². The summed E-state index contributed by atoms with van der Waals surface area (Å²) < 4.78 is 1.94. The van der Waals surface area contributed by atoms with Crippen LogP contribution in [0.2, 0.25) is 0 Å². The van der Waals surface area contributed by atoms with Crippen LogP contribution in [0.15, 0.2) is 66.4 Å². The number of aryl methyl sites for hydroxylation is 3. The quantitative estimate of drug-likeness (QED) is 0.396. The molecule has 0 atom stereocenters. The van der Waals surface area contributed by atoms with E-state index in [1.165, 1.54) is 4.90 Å². The zero-order valence-electron chi connectivity index (χ0n) is 17.0. The molecule has 1 aliphatic rings. The van der Waals surface area contributed by atoms with Crippen molar-refractivity contribution in [2.45, 2.75) is 20.8 Å². The van der Waals surface area contributed by atoms with Gasteiger partial charge in [-0.3, -0.25) is 19.8 Å². The van der Waals surface area contributed by atoms with Crippen LogP contribution in [0.25, 0.3) is 11.8 Å². The monoisotopic (exact) mass is 415 g/mol. The number of rotatable bonds is 3. The van der Waals surface area contributed by atoms with E-state index < -0.39 is 11.8 Å². The first-order valence-electron chi connectivity index (χ1n) is 9.58. The summed E-state index contributed by atoms with van der Waals surface area (Å²) in [5.74, 6) is -0.932. The Morgan fingerprint density at radius 3 is 2.47 bits per heavy atom. The first-order valence-corrected chi connectivity index (χ1v) is 9.99. The number of carbonyl (C=O) groups is 2. The molecule has 0 radical (unpaired) electrons. The van der Waals surface area contributed by atoms with Gasteiger partial charge in [-0.2, -0.15) is 0 Å². The molecule has 1 saturated heterocycles. The summed E-state index contributed by atoms with van der Waals surface area (Å²) in [4.78, 5) is 27.4. The molecule has 150 valence electrons. The van der Waals surface area contributed by atoms with Crippen molar-refractivity contribution in [1.29, 1.82) is 0 Å². The molecule has 1 aliphatic heterocycles. The van der Waals surface area contributed by atoms with Crippen molar-refractivity contribution in [1.82, 2.24) is 9.88 Å². The van der Waals surface area contributed by atoms with E-state index in [1.807, 2.05) is 86.1 Å². The number of amides is 2. The summed E-state index contributed by atoms with van der Waals surface area (Å²) in [6, 6.07) is 17.6. The summed E-state index contributed by atoms with van der Waals surface area (Å²) >= 11 is 5.32. The lowest BCUT2D eigenvalue weighted by Gasteiger charge is -2.30. The number of hydrogen-bond donors (Lipinski definition) is 1. The van der Waals surface area contributed by atoms with E-state index in [0.29, 0.717) is 5.69 Å². The van der Waals surface area contributed by atoms with E-state index in [1.54, 1.807) is 6.08 Å². The van der Waals surface area contributed by atoms with Crippen LogP contribution in [0.4, 0.5) is 5.69 Å². The van der Waals surface area contributed by atoms with Crippen LogP contribution in [0.3, 0.4) is 0 Å². The lowest BCUT2D eigenvalue weighted by Crippen LogP contribution is -2.54. The molecule has 0 bridgehead atoms. The van der Waals surface area contributed by atoms with Crippen molar-refractivity contribution in [3.63, 3.8) is 0 Å². The molecule has 2 aromatic carbocycles. The lowest BCUT2D eigenvalue weighted by atomic mass is 10.1. The van der Waals surface area contributed by atoms with E-state index in [2.05, 4.69) is 5.32 Å². The number of benzene rings is 2. The van der Waals surface area contributed by atoms with Gasteiger partial charge in [-0.15, -0.1) is 0 Å². The van der Waals surface area contributed by atoms with Crippen molar-refractivity contribution in [3.05, 3.63) is 88.8 Å². The third kappa shape index (κ3) is 3.57. The Morgan fingerprint density at radius 1 is 0.933 bits per heavy atom. The maximum absolute atomic E-state index is 13.3. The van der Waals surface area contributed by atoms with Gasteiger partial charge in [0.25, 0.3) is 11.8 Å². The maximum atomic E-state index is 13.3. The molecule has 6 heteroatoms. The highest BCUT2D eigenvalue weighted by molar-refractivity contribution is 7.80. The number of nitrogens with one attached hydrogen (secondary N) is 1. The van der Waals surface area contributed by atoms with Crippen LogP contribution >= 0.6 is 12.2 Å². The smallest absolute Gasteiger partial charge is 0.270 e. The van der Waals surface area contributed by atoms with E-state index in [0.717, 1.165) is 28.1 Å². The number of aromatic nitrogens is 1. The van der Waals surface area contributed by atoms with Gasteiger partial charge in [-0.1, -0.05) is 24.3 Å². The Kier molecular flexibility index (Phi) is 5.10. The molecule has 4 rings (SSSR count). The van der Waals surface area contributed by atoms with Gasteiger partial charge in [0, 0.05) is 17.6 Å². The van der Waals surface area contributed by atoms with E-state index in [-0.39, 0.29) is 10.7 Å². The predicted molar refractivity (Wildman–Crippen MR) is 123 cm³/mol. The van der Waals surface area contributed by atoms with Crippen LogP contribution in [0.5, 0.6) is 0 Å². The van der Waals surface area contributed by atoms with Gasteiger partial charge >= 0.3 is 0 Å². The van der Waals surface area contributed by atoms with Gasteiger partial charge in [0.2, 0.25) is 0 Å². The average molecular weight is 416 g/mol. The van der Waals surface area contributed by atoms with Crippen LogP contribution in [0.1, 0.15) is 22.4 Å². The van der Waals surface area contributed by atoms with E-state index >= 15 is 0 Å². The highest BCUT2D eigenvalue weighted by Crippen LogP contribution is 2.27. The van der Waals surface area contributed by atoms with Crippen molar-refractivity contribution in [2.75, 3.05) is 4.90 Å². The third-order valence-electron chi connectivity index (χ3n) is 5.06. The van der Waals surface area contributed by atoms with Gasteiger partial charge in [-0.05, 0) is 86.1 Å². The highest BCUT2D eigenvalue weighted by atomic mass is 32.1. The second kappa shape index (κ2) is 7.72. The molecule has 30 heavy (non-hydrogen) atoms. The molecule has 0 unspecified atom stereocenters. The minimum atomic E-state index is -0.497. The number of carbonyl (C=O) groups excluding carboxylic acids is 2. The average Bonchev–Trinajstić information content (AvgIpc) is 3.16. The first kappa shape index (κ1) is 19.8. The molecule has 5 nitrogen and oxygen atoms in total. The third-order valence-corrected chi connectivity index (χ3v) is 5.34. The highest BCUT2D eigenvalue weighted by Gasteiger charge is 2.35. The molecular weight excluding hydrogens is 394 g/mol. The topological polar surface area (TPSA) is 54.3 Å². The standard InChI is InChI=1S/C24H21N3O2S/c1-15-6-4-7-18(12-15)26-11-5-8-19(26)14-20-22(28)25-24(30)27(23(20)29)21-13-16(2)9-10-17(21)3/h4-14H,1-3H3,(H,25,28,30)/b20-14+. The summed E-state index contributed by atoms with van der Waals surface area (Å²) in [6.45, 7) is 5.88. The fourth-order valence-corrected chi connectivity index (χ4v) is 3.78. The Balaban J connectivity index is 1.78. The summed E-state index contributed by atoms with van der Waals surface area (Å²) in [5.41, 5.74) is 5.42. The van der Waals surface area contributed by atoms with Crippen LogP contribution < -0.4 is 10.2 Å². The molecule has 1 N–H and O–H groups in total. The Hall–Kier alpha value is -3.51. The molecule has 1 aromatic heterocycles. The molecule has 0 aliphatic carbocycles. The van der Waals surface area contributed by atoms with Gasteiger partial charge in [0.15, 0.2) is 5.11 Å². The van der Waals surface area contributed by atoms with Crippen LogP contribution in [-0.2, 0) is 9.59 Å². The zero-order chi connectivity index (χ0) is 21.4. The predicted octanol–water partition coefficient (Wildman–Crippen LogP) is 4.23. The number of hydrogen-bond acceptors (Lipinski definition) is 3. The molecule has 2 amide bonds. The SMILES string of the molecule is Cc1cccc(-n2cccc2/C=C2\C(=O)NC(=S)N(c3cc(C)ccc3C)C2=O)c1. The maximum Gasteiger partial charge on any atom is 0.270 e. The minimum absolute atomic E-state index is 0.0390. The van der Waals surface area contributed by atoms with Crippen molar-refractivity contribution in [2.24, 2.45) is 0 Å². The summed E-state index contributed by atoms with van der Waals surface area (Å²) in [7, 11) is 0. The van der Waals surface area contributed by atoms with Crippen molar-refractivity contribution < 1.29 is 9.59 Å². The Labute approximate surface area is 180 Å². The molecule has 3 aromatic rings. The van der Waals surface area contributed by atoms with Gasteiger partial charge in [0.05, 0.1) is 5.69 Å². The minimum Gasteiger partial charge on any atom is -0.317 e. The van der Waals surface area contributed by atoms with Crippen molar-refractivity contribution in [3.8, 4) is 5.69 Å². The number of nitrogens with zero attached hydrogens (tertiary/aromatic N) is 2. The Bertz CT molecular complexity index is 1220. The van der Waals surface area contributed by atoms with E-state index in [4.69, 9.17) is 12.2 Å². The fraction of sp³-hybridized carbons (Fsp3) is 0.125. The Morgan fingerprint density at radius 2 is 1.70 bits per heavy atom. The summed E-state index contributed by atoms with van der Waals surface area (Å²) in [6.07, 6.45) is 3.51. The fourth-order valence-electron chi connectivity index (χ4n) is 3.51. The molecular formula is C24H21N3O2S. The van der Waals surface area contributed by atoms with Gasteiger partial charge < -0.3 is 4.57 Å². The number of thiocarbonyl (C=S) groups is 1. The molecule has 2 heterocycles. The zero-order valence-corrected chi connectivity index (χ0v) is 17.8. The first-order chi connectivity index (χ1) is 14.3. The molecule has 0 saturated carbocycles. The van der Waals surface area contributed by atoms with Crippen molar-refractivity contribution >= 4 is 40.9 Å². The second-order valence-electron chi connectivity index (χ2n) is 7.39. The van der Waals surface area contributed by atoms with Crippen LogP contribution in [-0.4, -0.2) is 21.5 Å². The lowest BCUT2D eigenvalue weighted by molar-refractivity contribution is -0.122. The number of anilines is 1. The second-order valence-corrected chi connectivity index (χ2v) is 7.78. The van der Waals surface area contributed by atoms with Gasteiger partial charge in [0.1, 0.15) is 5.57 Å². The molecule has 0 spiro atoms. The van der Waals surface area contributed by atoms with E-state index in [9.17, 15) is 9.59 Å².